The second-order valence-electron chi connectivity index (χ2n) is 8.32. The van der Waals surface area contributed by atoms with E-state index in [0.29, 0.717) is 13.1 Å². The van der Waals surface area contributed by atoms with Crippen molar-refractivity contribution in [3.05, 3.63) is 0 Å². The number of nitrogens with one attached hydrogen (secondary N) is 3. The Balaban J connectivity index is 1.62. The molecule has 154 valence electrons. The number of guanidine groups is 1. The summed E-state index contributed by atoms with van der Waals surface area (Å²) in [5.41, 5.74) is -0.492. The predicted octanol–water partition coefficient (Wildman–Crippen LogP) is 1.47. The van der Waals surface area contributed by atoms with Gasteiger partial charge in [0.2, 0.25) is 5.91 Å². The first-order valence-corrected chi connectivity index (χ1v) is 10.0. The molecule has 2 amide bonds. The Bertz CT molecular complexity index is 540. The molecule has 1 heterocycles. The monoisotopic (exact) mass is 381 g/mol. The molecule has 2 rings (SSSR count). The first-order valence-electron chi connectivity index (χ1n) is 10.0. The number of alkyl carbamates (subject to hydrolysis) is 1. The lowest BCUT2D eigenvalue weighted by molar-refractivity contribution is -0.127. The smallest absolute Gasteiger partial charge is 0.407 e. The number of nitrogens with zero attached hydrogens (tertiary/aromatic N) is 2. The summed E-state index contributed by atoms with van der Waals surface area (Å²) in [6.07, 6.45) is 4.58. The highest BCUT2D eigenvalue weighted by Crippen LogP contribution is 2.26. The van der Waals surface area contributed by atoms with Crippen LogP contribution in [0.4, 0.5) is 4.79 Å². The molecule has 1 atom stereocenters. The average molecular weight is 382 g/mol. The van der Waals surface area contributed by atoms with Gasteiger partial charge in [-0.05, 0) is 46.5 Å². The van der Waals surface area contributed by atoms with E-state index in [1.165, 1.54) is 6.42 Å². The van der Waals surface area contributed by atoms with Crippen LogP contribution in [0.25, 0.3) is 0 Å². The van der Waals surface area contributed by atoms with Crippen LogP contribution in [0.15, 0.2) is 4.99 Å². The van der Waals surface area contributed by atoms with E-state index in [2.05, 4.69) is 25.8 Å². The fourth-order valence-electron chi connectivity index (χ4n) is 3.19. The Morgan fingerprint density at radius 2 is 1.85 bits per heavy atom. The Hall–Kier alpha value is -1.99. The van der Waals surface area contributed by atoms with E-state index in [0.717, 1.165) is 44.7 Å². The predicted molar refractivity (Wildman–Crippen MR) is 106 cm³/mol. The molecule has 0 aromatic carbocycles. The lowest BCUT2D eigenvalue weighted by Crippen LogP contribution is -2.44. The number of amides is 2. The van der Waals surface area contributed by atoms with Crippen molar-refractivity contribution in [2.24, 2.45) is 10.9 Å². The number of likely N-dealkylation sites (tertiary alicyclic amines) is 1. The van der Waals surface area contributed by atoms with E-state index < -0.39 is 5.60 Å². The number of ether oxygens (including phenoxy) is 1. The van der Waals surface area contributed by atoms with Gasteiger partial charge in [-0.1, -0.05) is 6.42 Å². The van der Waals surface area contributed by atoms with Gasteiger partial charge in [0.05, 0.1) is 6.04 Å². The zero-order valence-corrected chi connectivity index (χ0v) is 17.1. The fraction of sp³-hybridized carbons (Fsp3) is 0.842. The molecule has 1 aliphatic carbocycles. The summed E-state index contributed by atoms with van der Waals surface area (Å²) in [5.74, 6) is 1.26. The minimum atomic E-state index is -0.492. The highest BCUT2D eigenvalue weighted by atomic mass is 16.6. The molecule has 1 saturated heterocycles. The first-order chi connectivity index (χ1) is 12.8. The molecule has 1 saturated carbocycles. The van der Waals surface area contributed by atoms with Crippen LogP contribution in [0.3, 0.4) is 0 Å². The Morgan fingerprint density at radius 1 is 1.15 bits per heavy atom. The highest BCUT2D eigenvalue weighted by Gasteiger charge is 2.28. The van der Waals surface area contributed by atoms with Crippen molar-refractivity contribution in [2.45, 2.75) is 64.5 Å². The van der Waals surface area contributed by atoms with Crippen LogP contribution >= 0.6 is 0 Å². The van der Waals surface area contributed by atoms with Crippen molar-refractivity contribution in [1.82, 2.24) is 20.9 Å². The van der Waals surface area contributed by atoms with Crippen LogP contribution in [-0.2, 0) is 9.53 Å². The van der Waals surface area contributed by atoms with Crippen LogP contribution in [-0.4, -0.2) is 67.7 Å². The summed E-state index contributed by atoms with van der Waals surface area (Å²) >= 11 is 0. The van der Waals surface area contributed by atoms with Crippen LogP contribution in [0.2, 0.25) is 0 Å². The molecule has 0 spiro atoms. The van der Waals surface area contributed by atoms with E-state index in [1.54, 1.807) is 7.05 Å². The van der Waals surface area contributed by atoms with Gasteiger partial charge >= 0.3 is 6.09 Å². The SMILES string of the molecule is CN=C(NCCCNC(=O)C1CCC1)N1CC[C@@H](NC(=O)OC(C)(C)C)C1. The normalized spacial score (nSPS) is 20.8. The van der Waals surface area contributed by atoms with Crippen molar-refractivity contribution < 1.29 is 14.3 Å². The van der Waals surface area contributed by atoms with Crippen molar-refractivity contribution in [2.75, 3.05) is 33.2 Å². The lowest BCUT2D eigenvalue weighted by Gasteiger charge is -2.24. The average Bonchev–Trinajstić information content (AvgIpc) is 2.95. The van der Waals surface area contributed by atoms with Gasteiger partial charge in [-0.15, -0.1) is 0 Å². The first kappa shape index (κ1) is 21.3. The van der Waals surface area contributed by atoms with Crippen molar-refractivity contribution in [3.8, 4) is 0 Å². The molecule has 0 bridgehead atoms. The summed E-state index contributed by atoms with van der Waals surface area (Å²) in [6, 6.07) is 0.0557. The standard InChI is InChI=1S/C19H35N5O3/c1-19(2,3)27-18(26)23-15-9-12-24(13-15)17(20-4)22-11-6-10-21-16(25)14-7-5-8-14/h14-15H,5-13H2,1-4H3,(H,20,22)(H,21,25)(H,23,26)/t15-/m1/s1. The van der Waals surface area contributed by atoms with Crippen LogP contribution in [0, 0.1) is 5.92 Å². The molecular weight excluding hydrogens is 346 g/mol. The molecular formula is C19H35N5O3. The maximum absolute atomic E-state index is 11.9. The van der Waals surface area contributed by atoms with Crippen molar-refractivity contribution >= 4 is 18.0 Å². The minimum Gasteiger partial charge on any atom is -0.444 e. The Morgan fingerprint density at radius 3 is 2.44 bits per heavy atom. The number of rotatable bonds is 6. The summed E-state index contributed by atoms with van der Waals surface area (Å²) < 4.78 is 5.31. The van der Waals surface area contributed by atoms with Crippen molar-refractivity contribution in [3.63, 3.8) is 0 Å². The summed E-state index contributed by atoms with van der Waals surface area (Å²) in [4.78, 5) is 30.2. The third-order valence-corrected chi connectivity index (χ3v) is 4.83. The van der Waals surface area contributed by atoms with Gasteiger partial charge in [0.1, 0.15) is 5.60 Å². The van der Waals surface area contributed by atoms with Gasteiger partial charge in [0, 0.05) is 39.1 Å². The van der Waals surface area contributed by atoms with Gasteiger partial charge in [0.25, 0.3) is 0 Å². The molecule has 2 fully saturated rings. The number of hydrogen-bond acceptors (Lipinski definition) is 4. The molecule has 8 heteroatoms. The second-order valence-corrected chi connectivity index (χ2v) is 8.32. The Labute approximate surface area is 162 Å². The zero-order chi connectivity index (χ0) is 19.9. The number of carbonyl (C=O) groups is 2. The van der Waals surface area contributed by atoms with Gasteiger partial charge in [0.15, 0.2) is 5.96 Å². The molecule has 3 N–H and O–H groups in total. The molecule has 0 radical (unpaired) electrons. The van der Waals surface area contributed by atoms with E-state index in [4.69, 9.17) is 4.74 Å². The van der Waals surface area contributed by atoms with E-state index in [-0.39, 0.29) is 24.0 Å². The molecule has 8 nitrogen and oxygen atoms in total. The number of aliphatic imine (C=N–C) groups is 1. The van der Waals surface area contributed by atoms with Gasteiger partial charge in [-0.25, -0.2) is 4.79 Å². The molecule has 0 aromatic rings. The molecule has 27 heavy (non-hydrogen) atoms. The van der Waals surface area contributed by atoms with Gasteiger partial charge in [-0.2, -0.15) is 0 Å². The van der Waals surface area contributed by atoms with Crippen LogP contribution in [0.5, 0.6) is 0 Å². The Kier molecular flexibility index (Phi) is 7.74. The largest absolute Gasteiger partial charge is 0.444 e. The minimum absolute atomic E-state index is 0.0557. The van der Waals surface area contributed by atoms with E-state index in [1.807, 2.05) is 20.8 Å². The van der Waals surface area contributed by atoms with Crippen LogP contribution in [0.1, 0.15) is 52.9 Å². The van der Waals surface area contributed by atoms with Crippen molar-refractivity contribution in [1.29, 1.82) is 0 Å². The van der Waals surface area contributed by atoms with E-state index in [9.17, 15) is 9.59 Å². The quantitative estimate of drug-likeness (QED) is 0.368. The molecule has 0 unspecified atom stereocenters. The highest BCUT2D eigenvalue weighted by molar-refractivity contribution is 5.80. The van der Waals surface area contributed by atoms with Gasteiger partial charge in [-0.3, -0.25) is 9.79 Å². The summed E-state index contributed by atoms with van der Waals surface area (Å²) in [5, 5.41) is 9.26. The summed E-state index contributed by atoms with van der Waals surface area (Å²) in [6.45, 7) is 8.53. The molecule has 1 aliphatic heterocycles. The maximum atomic E-state index is 11.9. The molecule has 2 aliphatic rings. The zero-order valence-electron chi connectivity index (χ0n) is 17.1. The third-order valence-electron chi connectivity index (χ3n) is 4.83. The third kappa shape index (κ3) is 7.27. The lowest BCUT2D eigenvalue weighted by atomic mass is 9.85. The van der Waals surface area contributed by atoms with Crippen LogP contribution < -0.4 is 16.0 Å². The molecule has 0 aromatic heterocycles. The van der Waals surface area contributed by atoms with E-state index >= 15 is 0 Å². The number of carbonyl (C=O) groups excluding carboxylic acids is 2. The topological polar surface area (TPSA) is 95.1 Å². The summed E-state index contributed by atoms with van der Waals surface area (Å²) in [7, 11) is 1.76. The maximum Gasteiger partial charge on any atom is 0.407 e. The fourth-order valence-corrected chi connectivity index (χ4v) is 3.19. The second kappa shape index (κ2) is 9.80. The van der Waals surface area contributed by atoms with Gasteiger partial charge < -0.3 is 25.6 Å². The number of hydrogen-bond donors (Lipinski definition) is 3.